The zero-order valence-corrected chi connectivity index (χ0v) is 23.3. The van der Waals surface area contributed by atoms with E-state index in [2.05, 4.69) is 4.98 Å². The maximum atomic E-state index is 13.9. The van der Waals surface area contributed by atoms with Gasteiger partial charge >= 0.3 is 5.13 Å². The van der Waals surface area contributed by atoms with E-state index >= 15 is 0 Å². The molecule has 0 bridgehead atoms. The molecule has 1 aromatic carbocycles. The number of thiazole rings is 2. The van der Waals surface area contributed by atoms with Crippen molar-refractivity contribution in [3.63, 3.8) is 0 Å². The second-order valence-corrected chi connectivity index (χ2v) is 11.5. The van der Waals surface area contributed by atoms with E-state index < -0.39 is 0 Å². The maximum Gasteiger partial charge on any atom is 0.384 e. The van der Waals surface area contributed by atoms with E-state index in [4.69, 9.17) is 9.41 Å². The molecule has 1 saturated heterocycles. The van der Waals surface area contributed by atoms with Crippen molar-refractivity contribution in [2.75, 3.05) is 11.9 Å². The van der Waals surface area contributed by atoms with Gasteiger partial charge in [-0.1, -0.05) is 41.7 Å². The van der Waals surface area contributed by atoms with Gasteiger partial charge < -0.3 is 9.32 Å². The van der Waals surface area contributed by atoms with E-state index in [1.54, 1.807) is 9.47 Å². The van der Waals surface area contributed by atoms with E-state index in [-0.39, 0.29) is 17.0 Å². The number of amidine groups is 1. The standard InChI is InChI=1S/C26H23N6O3S3/c1-4-31-22(33)18(21-27-20-17(35-21)11-8-12-29(20)2)37-24(31)19-23(34)32(15-16-9-6-5-7-10-16)26(38-19)28-25-30(3)13-14-36-25/h5-14H,4,15H2,1-3H3/q+1/b21-18-,24-19-. The lowest BCUT2D eigenvalue weighted by Crippen LogP contribution is -2.32. The maximum absolute atomic E-state index is 13.9. The second-order valence-electron chi connectivity index (χ2n) is 8.61. The van der Waals surface area contributed by atoms with Crippen LogP contribution in [-0.4, -0.2) is 32.6 Å². The Kier molecular flexibility index (Phi) is 6.38. The molecule has 1 amide bonds. The number of nitrogens with zero attached hydrogens (tertiary/aromatic N) is 6. The fourth-order valence-corrected chi connectivity index (χ4v) is 7.23. The van der Waals surface area contributed by atoms with Gasteiger partial charge in [-0.15, -0.1) is 11.3 Å². The Labute approximate surface area is 229 Å². The minimum atomic E-state index is -0.229. The number of allylic oxidation sites excluding steroid dienone is 1. The lowest BCUT2D eigenvalue weighted by atomic mass is 10.2. The number of hydrogen-bond donors (Lipinski definition) is 0. The predicted octanol–water partition coefficient (Wildman–Crippen LogP) is 2.41. The third kappa shape index (κ3) is 4.24. The van der Waals surface area contributed by atoms with E-state index in [1.165, 1.54) is 34.4 Å². The van der Waals surface area contributed by atoms with Crippen LogP contribution in [0.1, 0.15) is 12.5 Å². The number of carbonyl (C=O) groups is 1. The van der Waals surface area contributed by atoms with Crippen molar-refractivity contribution < 1.29 is 13.8 Å². The topological polar surface area (TPSA) is 87.8 Å². The normalized spacial score (nSPS) is 18.4. The first-order chi connectivity index (χ1) is 18.4. The van der Waals surface area contributed by atoms with Crippen LogP contribution in [0.4, 0.5) is 10.9 Å². The number of anilines is 1. The fourth-order valence-electron chi connectivity index (χ4n) is 4.15. The zero-order chi connectivity index (χ0) is 26.4. The van der Waals surface area contributed by atoms with Crippen LogP contribution in [0.5, 0.6) is 0 Å². The smallest absolute Gasteiger partial charge is 0.384 e. The summed E-state index contributed by atoms with van der Waals surface area (Å²) in [6.45, 7) is 2.67. The van der Waals surface area contributed by atoms with E-state index in [0.29, 0.717) is 43.6 Å². The number of amides is 1. The van der Waals surface area contributed by atoms with Gasteiger partial charge in [-0.05, 0) is 41.4 Å². The highest BCUT2D eigenvalue weighted by molar-refractivity contribution is 8.23. The number of rotatable bonds is 4. The number of oxazole rings is 1. The van der Waals surface area contributed by atoms with Crippen molar-refractivity contribution in [3.05, 3.63) is 90.3 Å². The number of aromatic nitrogens is 3. The quantitative estimate of drug-likeness (QED) is 0.355. The highest BCUT2D eigenvalue weighted by Gasteiger charge is 2.39. The molecule has 0 atom stereocenters. The van der Waals surface area contributed by atoms with Gasteiger partial charge in [-0.25, -0.2) is 4.57 Å². The van der Waals surface area contributed by atoms with Gasteiger partial charge in [0.05, 0.1) is 13.6 Å². The number of fused-ring (bicyclic) bond motifs is 1. The molecule has 2 aliphatic rings. The third-order valence-corrected chi connectivity index (χ3v) is 9.33. The van der Waals surface area contributed by atoms with Crippen molar-refractivity contribution in [2.45, 2.75) is 20.0 Å². The van der Waals surface area contributed by atoms with Crippen molar-refractivity contribution in [1.82, 2.24) is 14.5 Å². The molecule has 6 rings (SSSR count). The van der Waals surface area contributed by atoms with Gasteiger partial charge in [-0.2, -0.15) is 4.98 Å². The molecule has 0 aliphatic carbocycles. The molecule has 9 nitrogen and oxygen atoms in total. The monoisotopic (exact) mass is 563 g/mol. The zero-order valence-electron chi connectivity index (χ0n) is 20.8. The molecule has 5 heterocycles. The van der Waals surface area contributed by atoms with Crippen LogP contribution < -0.4 is 25.1 Å². The molecule has 38 heavy (non-hydrogen) atoms. The Bertz CT molecular complexity index is 1900. The van der Waals surface area contributed by atoms with Crippen LogP contribution in [0.2, 0.25) is 0 Å². The molecule has 192 valence electrons. The van der Waals surface area contributed by atoms with Crippen LogP contribution in [0.3, 0.4) is 0 Å². The Morgan fingerprint density at radius 3 is 2.71 bits per heavy atom. The summed E-state index contributed by atoms with van der Waals surface area (Å²) in [5.74, 6) is 0.460. The summed E-state index contributed by atoms with van der Waals surface area (Å²) in [6.07, 6.45) is 7.48. The molecule has 0 unspecified atom stereocenters. The molecule has 4 aromatic rings. The summed E-state index contributed by atoms with van der Waals surface area (Å²) in [7, 11) is 3.79. The van der Waals surface area contributed by atoms with E-state index in [1.807, 2.05) is 90.7 Å². The Morgan fingerprint density at radius 1 is 1.18 bits per heavy atom. The Morgan fingerprint density at radius 2 is 2.00 bits per heavy atom. The lowest BCUT2D eigenvalue weighted by Gasteiger charge is -2.12. The molecule has 0 radical (unpaired) electrons. The van der Waals surface area contributed by atoms with Gasteiger partial charge in [-0.3, -0.25) is 19.1 Å². The summed E-state index contributed by atoms with van der Waals surface area (Å²) in [6, 6.07) is 9.81. The first-order valence-corrected chi connectivity index (χ1v) is 14.4. The Balaban J connectivity index is 1.56. The van der Waals surface area contributed by atoms with Crippen LogP contribution in [0.25, 0.3) is 11.0 Å². The number of aliphatic imine (C=N–C) groups is 1. The molecular formula is C26H23N6O3S3+. The molecule has 2 aliphatic heterocycles. The van der Waals surface area contributed by atoms with Crippen LogP contribution in [0, 0.1) is 10.1 Å². The summed E-state index contributed by atoms with van der Waals surface area (Å²) < 4.78 is 10.4. The van der Waals surface area contributed by atoms with Crippen molar-refractivity contribution in [3.8, 4) is 0 Å². The molecule has 3 aromatic heterocycles. The van der Waals surface area contributed by atoms with Gasteiger partial charge in [0.25, 0.3) is 16.6 Å². The third-order valence-electron chi connectivity index (χ3n) is 6.11. The van der Waals surface area contributed by atoms with Crippen molar-refractivity contribution in [1.29, 1.82) is 0 Å². The number of benzene rings is 1. The van der Waals surface area contributed by atoms with E-state index in [0.717, 1.165) is 10.7 Å². The average Bonchev–Trinajstić information content (AvgIpc) is 3.67. The van der Waals surface area contributed by atoms with Gasteiger partial charge in [0.15, 0.2) is 15.8 Å². The second kappa shape index (κ2) is 9.86. The minimum Gasteiger partial charge on any atom is -0.433 e. The number of carbonyl (C=O) groups excluding carboxylic acids is 1. The SMILES string of the molecule is CCn1c(=O)/c(=c2\nc3c(o2)=CC=CN3C)s/c1=C1\S/C(=N\c2scc[n+]2C)N(Cc2ccccc2)C1=O. The lowest BCUT2D eigenvalue weighted by molar-refractivity contribution is -0.653. The van der Waals surface area contributed by atoms with Crippen molar-refractivity contribution in [2.24, 2.45) is 12.0 Å². The molecule has 12 heteroatoms. The van der Waals surface area contributed by atoms with E-state index in [9.17, 15) is 9.59 Å². The van der Waals surface area contributed by atoms with Gasteiger partial charge in [0.2, 0.25) is 5.55 Å². The van der Waals surface area contributed by atoms with Gasteiger partial charge in [0, 0.05) is 25.2 Å². The van der Waals surface area contributed by atoms with Gasteiger partial charge in [0.1, 0.15) is 15.8 Å². The van der Waals surface area contributed by atoms with Crippen molar-refractivity contribution >= 4 is 67.4 Å². The first kappa shape index (κ1) is 24.6. The highest BCUT2D eigenvalue weighted by atomic mass is 32.2. The molecule has 0 saturated carbocycles. The minimum absolute atomic E-state index is 0.184. The van der Waals surface area contributed by atoms with Crippen LogP contribution in [-0.2, 0) is 24.9 Å². The summed E-state index contributed by atoms with van der Waals surface area (Å²) >= 11 is 4.02. The highest BCUT2D eigenvalue weighted by Crippen LogP contribution is 2.34. The molecule has 0 spiro atoms. The average molecular weight is 564 g/mol. The largest absolute Gasteiger partial charge is 0.433 e. The summed E-state index contributed by atoms with van der Waals surface area (Å²) in [5, 5.41) is 3.30. The molecule has 0 N–H and O–H groups in total. The van der Waals surface area contributed by atoms with Crippen LogP contribution in [0.15, 0.2) is 68.4 Å². The Hall–Kier alpha value is -3.74. The molecule has 1 fully saturated rings. The predicted molar refractivity (Wildman–Crippen MR) is 150 cm³/mol. The number of hydrogen-bond acceptors (Lipinski definition) is 9. The fraction of sp³-hybridized carbons (Fsp3) is 0.192. The van der Waals surface area contributed by atoms with Crippen LogP contribution >= 0.6 is 34.4 Å². The number of thioether (sulfide) groups is 1. The summed E-state index contributed by atoms with van der Waals surface area (Å²) in [4.78, 5) is 40.8. The number of aryl methyl sites for hydroxylation is 1. The first-order valence-electron chi connectivity index (χ1n) is 11.9. The molecular weight excluding hydrogens is 541 g/mol. The summed E-state index contributed by atoms with van der Waals surface area (Å²) in [5.41, 5.74) is 1.60.